The minimum atomic E-state index is -1.82. The third-order valence-electron chi connectivity index (χ3n) is 5.02. The molecule has 3 aromatic rings. The standard InChI is InChI=1S/C21H22N4O3.C2H2O4/c1-27-18-9-5-8-17(14-18)20-22-19(28-23-20)15-24-10-12-25(13-11-24)21(26)16-6-3-2-4-7-16;3-1(4)2(5)6/h2-9,14H,10-13,15H2,1H3;(H,3,4)(H,5,6). The SMILES string of the molecule is COc1cccc(-c2noc(CN3CCN(C(=O)c4ccccc4)CC3)n2)c1.O=C(O)C(=O)O. The van der Waals surface area contributed by atoms with Crippen LogP contribution in [0.4, 0.5) is 0 Å². The van der Waals surface area contributed by atoms with Gasteiger partial charge in [-0.05, 0) is 24.3 Å². The molecule has 0 radical (unpaired) electrons. The highest BCUT2D eigenvalue weighted by Gasteiger charge is 2.23. The first-order valence-corrected chi connectivity index (χ1v) is 10.4. The molecule has 178 valence electrons. The molecule has 0 bridgehead atoms. The number of amides is 1. The van der Waals surface area contributed by atoms with Crippen LogP contribution in [0, 0.1) is 0 Å². The van der Waals surface area contributed by atoms with Gasteiger partial charge in [0, 0.05) is 37.3 Å². The normalized spacial score (nSPS) is 13.5. The van der Waals surface area contributed by atoms with E-state index in [4.69, 9.17) is 29.1 Å². The number of rotatable bonds is 5. The molecule has 0 unspecified atom stereocenters. The maximum Gasteiger partial charge on any atom is 0.414 e. The van der Waals surface area contributed by atoms with Crippen LogP contribution >= 0.6 is 0 Å². The Kier molecular flexibility index (Phi) is 8.30. The molecule has 34 heavy (non-hydrogen) atoms. The van der Waals surface area contributed by atoms with E-state index >= 15 is 0 Å². The molecule has 4 rings (SSSR count). The van der Waals surface area contributed by atoms with Gasteiger partial charge in [0.2, 0.25) is 11.7 Å². The summed E-state index contributed by atoms with van der Waals surface area (Å²) in [6, 6.07) is 17.0. The van der Waals surface area contributed by atoms with Gasteiger partial charge in [0.15, 0.2) is 0 Å². The van der Waals surface area contributed by atoms with Crippen LogP contribution in [0.3, 0.4) is 0 Å². The molecule has 1 aliphatic rings. The summed E-state index contributed by atoms with van der Waals surface area (Å²) in [7, 11) is 1.63. The van der Waals surface area contributed by atoms with Crippen molar-refractivity contribution >= 4 is 17.8 Å². The quantitative estimate of drug-likeness (QED) is 0.532. The first-order valence-electron chi connectivity index (χ1n) is 10.4. The Morgan fingerprint density at radius 1 is 0.971 bits per heavy atom. The maximum absolute atomic E-state index is 12.5. The zero-order chi connectivity index (χ0) is 24.5. The summed E-state index contributed by atoms with van der Waals surface area (Å²) in [5, 5.41) is 18.9. The minimum absolute atomic E-state index is 0.0818. The maximum atomic E-state index is 12.5. The number of nitrogens with zero attached hydrogens (tertiary/aromatic N) is 4. The Bertz CT molecular complexity index is 1110. The van der Waals surface area contributed by atoms with E-state index in [9.17, 15) is 4.79 Å². The van der Waals surface area contributed by atoms with Crippen LogP contribution in [-0.2, 0) is 16.1 Å². The zero-order valence-electron chi connectivity index (χ0n) is 18.5. The van der Waals surface area contributed by atoms with Crippen LogP contribution in [0.2, 0.25) is 0 Å². The van der Waals surface area contributed by atoms with Crippen LogP contribution < -0.4 is 4.74 Å². The van der Waals surface area contributed by atoms with Crippen LogP contribution in [0.15, 0.2) is 59.1 Å². The number of carbonyl (C=O) groups is 3. The van der Waals surface area contributed by atoms with Crippen molar-refractivity contribution in [1.29, 1.82) is 0 Å². The fourth-order valence-electron chi connectivity index (χ4n) is 3.26. The Labute approximate surface area is 195 Å². The van der Waals surface area contributed by atoms with E-state index in [1.165, 1.54) is 0 Å². The molecule has 1 aromatic heterocycles. The van der Waals surface area contributed by atoms with Crippen molar-refractivity contribution in [2.75, 3.05) is 33.3 Å². The molecular weight excluding hydrogens is 444 g/mol. The number of hydrogen-bond acceptors (Lipinski definition) is 8. The van der Waals surface area contributed by atoms with Gasteiger partial charge in [0.1, 0.15) is 5.75 Å². The van der Waals surface area contributed by atoms with Crippen LogP contribution in [0.25, 0.3) is 11.4 Å². The topological polar surface area (TPSA) is 146 Å². The van der Waals surface area contributed by atoms with Crippen molar-refractivity contribution in [2.24, 2.45) is 0 Å². The van der Waals surface area contributed by atoms with Crippen molar-refractivity contribution < 1.29 is 33.9 Å². The lowest BCUT2D eigenvalue weighted by atomic mass is 10.2. The second-order valence-electron chi connectivity index (χ2n) is 7.29. The molecule has 0 saturated carbocycles. The molecule has 1 aliphatic heterocycles. The van der Waals surface area contributed by atoms with E-state index in [2.05, 4.69) is 15.0 Å². The number of carbonyl (C=O) groups excluding carboxylic acids is 1. The first-order chi connectivity index (χ1) is 16.4. The highest BCUT2D eigenvalue weighted by atomic mass is 16.5. The summed E-state index contributed by atoms with van der Waals surface area (Å²) >= 11 is 0. The molecular formula is C23H24N4O7. The Balaban J connectivity index is 0.000000481. The second kappa shape index (κ2) is 11.6. The van der Waals surface area contributed by atoms with E-state index in [1.807, 2.05) is 59.5 Å². The van der Waals surface area contributed by atoms with Gasteiger partial charge in [-0.1, -0.05) is 35.5 Å². The summed E-state index contributed by atoms with van der Waals surface area (Å²) in [6.07, 6.45) is 0. The van der Waals surface area contributed by atoms with Gasteiger partial charge >= 0.3 is 11.9 Å². The van der Waals surface area contributed by atoms with Gasteiger partial charge in [0.25, 0.3) is 5.91 Å². The summed E-state index contributed by atoms with van der Waals surface area (Å²) in [5.74, 6) is -1.70. The minimum Gasteiger partial charge on any atom is -0.497 e. The van der Waals surface area contributed by atoms with Crippen LogP contribution in [0.5, 0.6) is 5.75 Å². The largest absolute Gasteiger partial charge is 0.497 e. The number of hydrogen-bond donors (Lipinski definition) is 2. The summed E-state index contributed by atoms with van der Waals surface area (Å²) in [5.41, 5.74) is 1.59. The lowest BCUT2D eigenvalue weighted by molar-refractivity contribution is -0.159. The van der Waals surface area contributed by atoms with Gasteiger partial charge in [-0.25, -0.2) is 9.59 Å². The molecule has 1 saturated heterocycles. The molecule has 2 heterocycles. The predicted octanol–water partition coefficient (Wildman–Crippen LogP) is 1.86. The van der Waals surface area contributed by atoms with Gasteiger partial charge in [-0.3, -0.25) is 9.69 Å². The first kappa shape index (κ1) is 24.4. The van der Waals surface area contributed by atoms with E-state index in [1.54, 1.807) is 7.11 Å². The van der Waals surface area contributed by atoms with Crippen LogP contribution in [-0.4, -0.2) is 81.3 Å². The van der Waals surface area contributed by atoms with Gasteiger partial charge in [-0.15, -0.1) is 0 Å². The van der Waals surface area contributed by atoms with Crippen molar-refractivity contribution in [3.8, 4) is 17.1 Å². The Morgan fingerprint density at radius 3 is 2.26 bits per heavy atom. The van der Waals surface area contributed by atoms with Crippen molar-refractivity contribution in [3.63, 3.8) is 0 Å². The number of piperazine rings is 1. The molecule has 0 spiro atoms. The number of ether oxygens (including phenoxy) is 1. The number of carboxylic acids is 2. The smallest absolute Gasteiger partial charge is 0.414 e. The van der Waals surface area contributed by atoms with Gasteiger partial charge < -0.3 is 24.4 Å². The summed E-state index contributed by atoms with van der Waals surface area (Å²) < 4.78 is 10.7. The predicted molar refractivity (Wildman–Crippen MR) is 119 cm³/mol. The summed E-state index contributed by atoms with van der Waals surface area (Å²) in [4.78, 5) is 39.3. The van der Waals surface area contributed by atoms with E-state index < -0.39 is 11.9 Å². The molecule has 0 atom stereocenters. The molecule has 11 nitrogen and oxygen atoms in total. The van der Waals surface area contributed by atoms with Crippen molar-refractivity contribution in [3.05, 3.63) is 66.1 Å². The number of aromatic nitrogens is 2. The highest BCUT2D eigenvalue weighted by molar-refractivity contribution is 6.27. The number of benzene rings is 2. The Morgan fingerprint density at radius 2 is 1.65 bits per heavy atom. The fraction of sp³-hybridized carbons (Fsp3) is 0.261. The third kappa shape index (κ3) is 6.62. The number of methoxy groups -OCH3 is 1. The third-order valence-corrected chi connectivity index (χ3v) is 5.02. The van der Waals surface area contributed by atoms with E-state index in [-0.39, 0.29) is 5.91 Å². The van der Waals surface area contributed by atoms with E-state index in [0.29, 0.717) is 31.3 Å². The molecule has 2 aromatic carbocycles. The average Bonchev–Trinajstić information content (AvgIpc) is 3.33. The number of aliphatic carboxylic acids is 2. The monoisotopic (exact) mass is 468 g/mol. The molecule has 0 aliphatic carbocycles. The molecule has 1 fully saturated rings. The average molecular weight is 468 g/mol. The lowest BCUT2D eigenvalue weighted by Crippen LogP contribution is -2.48. The zero-order valence-corrected chi connectivity index (χ0v) is 18.5. The number of carboxylic acid groups (broad SMARTS) is 2. The Hall–Kier alpha value is -4.25. The summed E-state index contributed by atoms with van der Waals surface area (Å²) in [6.45, 7) is 3.49. The molecule has 11 heteroatoms. The lowest BCUT2D eigenvalue weighted by Gasteiger charge is -2.34. The second-order valence-corrected chi connectivity index (χ2v) is 7.29. The van der Waals surface area contributed by atoms with Gasteiger partial charge in [-0.2, -0.15) is 4.98 Å². The van der Waals surface area contributed by atoms with Gasteiger partial charge in [0.05, 0.1) is 13.7 Å². The van der Waals surface area contributed by atoms with Crippen molar-refractivity contribution in [1.82, 2.24) is 19.9 Å². The highest BCUT2D eigenvalue weighted by Crippen LogP contribution is 2.21. The fourth-order valence-corrected chi connectivity index (χ4v) is 3.26. The molecule has 2 N–H and O–H groups in total. The molecule has 1 amide bonds. The van der Waals surface area contributed by atoms with Crippen molar-refractivity contribution in [2.45, 2.75) is 6.54 Å². The van der Waals surface area contributed by atoms with E-state index in [0.717, 1.165) is 30.0 Å². The van der Waals surface area contributed by atoms with Crippen LogP contribution in [0.1, 0.15) is 16.2 Å².